The summed E-state index contributed by atoms with van der Waals surface area (Å²) in [5.41, 5.74) is 1.76. The average molecular weight is 412 g/mol. The molecule has 1 heterocycles. The molecule has 3 rings (SSSR count). The number of aryl methyl sites for hydroxylation is 1. The van der Waals surface area contributed by atoms with E-state index in [2.05, 4.69) is 5.32 Å². The van der Waals surface area contributed by atoms with Crippen LogP contribution in [-0.2, 0) is 21.5 Å². The van der Waals surface area contributed by atoms with Gasteiger partial charge in [0.25, 0.3) is 0 Å². The molecule has 2 aromatic rings. The van der Waals surface area contributed by atoms with Gasteiger partial charge in [-0.25, -0.2) is 4.39 Å². The first-order valence-electron chi connectivity index (χ1n) is 10.4. The number of nitrogens with one attached hydrogen (secondary N) is 1. The first kappa shape index (κ1) is 22.0. The first-order chi connectivity index (χ1) is 14.3. The van der Waals surface area contributed by atoms with Crippen LogP contribution in [0.4, 0.5) is 4.39 Å². The summed E-state index contributed by atoms with van der Waals surface area (Å²) < 4.78 is 13.6. The molecule has 1 aliphatic heterocycles. The van der Waals surface area contributed by atoms with Crippen LogP contribution in [0, 0.1) is 12.7 Å². The van der Waals surface area contributed by atoms with Crippen LogP contribution in [0.25, 0.3) is 0 Å². The van der Waals surface area contributed by atoms with Crippen molar-refractivity contribution in [2.24, 2.45) is 0 Å². The zero-order valence-corrected chi connectivity index (χ0v) is 18.0. The van der Waals surface area contributed by atoms with Gasteiger partial charge in [-0.1, -0.05) is 42.5 Å². The van der Waals surface area contributed by atoms with E-state index >= 15 is 0 Å². The van der Waals surface area contributed by atoms with Crippen molar-refractivity contribution in [1.29, 1.82) is 0 Å². The number of amides is 2. The van der Waals surface area contributed by atoms with Crippen molar-refractivity contribution in [1.82, 2.24) is 15.1 Å². The van der Waals surface area contributed by atoms with Crippen LogP contribution in [0.2, 0.25) is 0 Å². The molecule has 0 radical (unpaired) electrons. The van der Waals surface area contributed by atoms with Gasteiger partial charge in [0.15, 0.2) is 0 Å². The Bertz CT molecular complexity index is 891. The van der Waals surface area contributed by atoms with Gasteiger partial charge >= 0.3 is 0 Å². The van der Waals surface area contributed by atoms with E-state index in [0.29, 0.717) is 38.3 Å². The van der Waals surface area contributed by atoms with Crippen molar-refractivity contribution in [2.75, 3.05) is 32.7 Å². The molecule has 0 spiro atoms. The Labute approximate surface area is 177 Å². The number of rotatable bonds is 6. The van der Waals surface area contributed by atoms with E-state index in [1.165, 1.54) is 6.07 Å². The van der Waals surface area contributed by atoms with Crippen molar-refractivity contribution in [3.05, 3.63) is 71.0 Å². The molecule has 1 aliphatic rings. The van der Waals surface area contributed by atoms with E-state index in [4.69, 9.17) is 0 Å². The molecule has 30 heavy (non-hydrogen) atoms. The molecule has 0 aliphatic carbocycles. The third kappa shape index (κ3) is 5.25. The normalized spacial score (nSPS) is 15.1. The van der Waals surface area contributed by atoms with E-state index in [0.717, 1.165) is 11.1 Å². The number of carbonyl (C=O) groups is 2. The van der Waals surface area contributed by atoms with E-state index in [9.17, 15) is 14.0 Å². The van der Waals surface area contributed by atoms with Crippen LogP contribution in [0.1, 0.15) is 30.5 Å². The number of piperazine rings is 1. The Morgan fingerprint density at radius 3 is 2.33 bits per heavy atom. The minimum Gasteiger partial charge on any atom is -0.351 e. The van der Waals surface area contributed by atoms with Gasteiger partial charge in [0.05, 0.1) is 12.0 Å². The highest BCUT2D eigenvalue weighted by atomic mass is 19.1. The lowest BCUT2D eigenvalue weighted by atomic mass is 9.83. The molecular formula is C24H30FN3O2. The number of carbonyl (C=O) groups excluding carboxylic acids is 2. The standard InChI is InChI=1S/C24H30FN3O2/c1-18-9-10-19(15-21(18)25)16-26-22(29)17-27-11-13-28(14-12-27)23(30)24(2,3)20-7-5-4-6-8-20/h4-10,15H,11-14,16-17H2,1-3H3,(H,26,29). The first-order valence-corrected chi connectivity index (χ1v) is 10.4. The number of hydrogen-bond donors (Lipinski definition) is 1. The van der Waals surface area contributed by atoms with E-state index in [1.54, 1.807) is 13.0 Å². The van der Waals surface area contributed by atoms with Gasteiger partial charge in [-0.3, -0.25) is 14.5 Å². The third-order valence-electron chi connectivity index (χ3n) is 5.78. The lowest BCUT2D eigenvalue weighted by Gasteiger charge is -2.38. The quantitative estimate of drug-likeness (QED) is 0.795. The summed E-state index contributed by atoms with van der Waals surface area (Å²) in [6, 6.07) is 14.8. The monoisotopic (exact) mass is 411 g/mol. The third-order valence-corrected chi connectivity index (χ3v) is 5.78. The van der Waals surface area contributed by atoms with Gasteiger partial charge in [0, 0.05) is 32.7 Å². The molecule has 2 amide bonds. The van der Waals surface area contributed by atoms with Gasteiger partial charge in [0.2, 0.25) is 11.8 Å². The zero-order chi connectivity index (χ0) is 21.7. The Hall–Kier alpha value is -2.73. The molecule has 0 aromatic heterocycles. The maximum Gasteiger partial charge on any atom is 0.234 e. The average Bonchev–Trinajstić information content (AvgIpc) is 2.75. The van der Waals surface area contributed by atoms with Crippen LogP contribution in [0.5, 0.6) is 0 Å². The van der Waals surface area contributed by atoms with Crippen molar-refractivity contribution in [3.8, 4) is 0 Å². The van der Waals surface area contributed by atoms with E-state index in [-0.39, 0.29) is 24.2 Å². The van der Waals surface area contributed by atoms with Crippen molar-refractivity contribution in [2.45, 2.75) is 32.7 Å². The summed E-state index contributed by atoms with van der Waals surface area (Å²) in [5, 5.41) is 2.84. The van der Waals surface area contributed by atoms with Gasteiger partial charge in [-0.05, 0) is 43.5 Å². The SMILES string of the molecule is Cc1ccc(CNC(=O)CN2CCN(C(=O)C(C)(C)c3ccccc3)CC2)cc1F. The summed E-state index contributed by atoms with van der Waals surface area (Å²) in [5.74, 6) is -0.250. The summed E-state index contributed by atoms with van der Waals surface area (Å²) in [6.07, 6.45) is 0. The zero-order valence-electron chi connectivity index (χ0n) is 18.0. The molecule has 5 nitrogen and oxygen atoms in total. The number of benzene rings is 2. The number of hydrogen-bond acceptors (Lipinski definition) is 3. The minimum atomic E-state index is -0.579. The van der Waals surface area contributed by atoms with Crippen LogP contribution >= 0.6 is 0 Å². The molecule has 160 valence electrons. The van der Waals surface area contributed by atoms with Crippen molar-refractivity contribution in [3.63, 3.8) is 0 Å². The van der Waals surface area contributed by atoms with Crippen LogP contribution in [-0.4, -0.2) is 54.3 Å². The fourth-order valence-corrected chi connectivity index (χ4v) is 3.69. The predicted molar refractivity (Wildman–Crippen MR) is 115 cm³/mol. The maximum absolute atomic E-state index is 13.6. The second-order valence-corrected chi connectivity index (χ2v) is 8.42. The second kappa shape index (κ2) is 9.39. The molecule has 1 fully saturated rings. The molecule has 1 saturated heterocycles. The fraction of sp³-hybridized carbons (Fsp3) is 0.417. The lowest BCUT2D eigenvalue weighted by Crippen LogP contribution is -2.54. The highest BCUT2D eigenvalue weighted by Gasteiger charge is 2.35. The van der Waals surface area contributed by atoms with E-state index in [1.807, 2.05) is 60.0 Å². The molecule has 6 heteroatoms. The Morgan fingerprint density at radius 2 is 1.70 bits per heavy atom. The Kier molecular flexibility index (Phi) is 6.87. The summed E-state index contributed by atoms with van der Waals surface area (Å²) in [7, 11) is 0. The largest absolute Gasteiger partial charge is 0.351 e. The van der Waals surface area contributed by atoms with Crippen molar-refractivity contribution < 1.29 is 14.0 Å². The Morgan fingerprint density at radius 1 is 1.03 bits per heavy atom. The van der Waals surface area contributed by atoms with Crippen LogP contribution in [0.15, 0.2) is 48.5 Å². The highest BCUT2D eigenvalue weighted by molar-refractivity contribution is 5.87. The van der Waals surface area contributed by atoms with Gasteiger partial charge in [-0.15, -0.1) is 0 Å². The molecule has 0 atom stereocenters. The Balaban J connectivity index is 1.46. The van der Waals surface area contributed by atoms with Crippen LogP contribution in [0.3, 0.4) is 0 Å². The van der Waals surface area contributed by atoms with Gasteiger partial charge in [0.1, 0.15) is 5.82 Å². The van der Waals surface area contributed by atoms with Crippen molar-refractivity contribution >= 4 is 11.8 Å². The molecular weight excluding hydrogens is 381 g/mol. The lowest BCUT2D eigenvalue weighted by molar-refractivity contribution is -0.138. The van der Waals surface area contributed by atoms with Gasteiger partial charge < -0.3 is 10.2 Å². The molecule has 2 aromatic carbocycles. The van der Waals surface area contributed by atoms with Gasteiger partial charge in [-0.2, -0.15) is 0 Å². The molecule has 1 N–H and O–H groups in total. The molecule has 0 saturated carbocycles. The summed E-state index contributed by atoms with van der Waals surface area (Å²) >= 11 is 0. The van der Waals surface area contributed by atoms with E-state index < -0.39 is 5.41 Å². The summed E-state index contributed by atoms with van der Waals surface area (Å²) in [4.78, 5) is 29.3. The van der Waals surface area contributed by atoms with Crippen LogP contribution < -0.4 is 5.32 Å². The topological polar surface area (TPSA) is 52.7 Å². The highest BCUT2D eigenvalue weighted by Crippen LogP contribution is 2.26. The molecule has 0 bridgehead atoms. The second-order valence-electron chi connectivity index (χ2n) is 8.42. The predicted octanol–water partition coefficient (Wildman–Crippen LogP) is 2.87. The fourth-order valence-electron chi connectivity index (χ4n) is 3.69. The molecule has 0 unspecified atom stereocenters. The number of halogens is 1. The number of nitrogens with zero attached hydrogens (tertiary/aromatic N) is 2. The smallest absolute Gasteiger partial charge is 0.234 e. The minimum absolute atomic E-state index is 0.0969. The maximum atomic E-state index is 13.6. The summed E-state index contributed by atoms with van der Waals surface area (Å²) in [6.45, 7) is 8.72.